The number of halogens is 1. The van der Waals surface area contributed by atoms with Crippen molar-refractivity contribution in [2.45, 2.75) is 25.4 Å². The molecule has 0 aliphatic carbocycles. The third kappa shape index (κ3) is 2.44. The lowest BCUT2D eigenvalue weighted by Crippen LogP contribution is -2.39. The van der Waals surface area contributed by atoms with E-state index >= 15 is 0 Å². The summed E-state index contributed by atoms with van der Waals surface area (Å²) in [5.41, 5.74) is 6.59. The molecule has 1 saturated heterocycles. The third-order valence-electron chi connectivity index (χ3n) is 3.02. The monoisotopic (exact) mass is 282 g/mol. The number of carbonyl (C=O) groups is 1. The van der Waals surface area contributed by atoms with Gasteiger partial charge in [0.05, 0.1) is 6.04 Å². The molecule has 4 heteroatoms. The van der Waals surface area contributed by atoms with Gasteiger partial charge in [0, 0.05) is 11.0 Å². The first-order chi connectivity index (χ1) is 7.68. The molecule has 0 bridgehead atoms. The second-order valence-corrected chi connectivity index (χ2v) is 4.98. The molecule has 1 aromatic rings. The number of nitrogens with zero attached hydrogens (tertiary/aromatic N) is 1. The number of hydrogen-bond donors (Lipinski definition) is 1. The maximum Gasteiger partial charge on any atom is 0.234 e. The zero-order valence-corrected chi connectivity index (χ0v) is 10.6. The van der Waals surface area contributed by atoms with Crippen LogP contribution in [0.2, 0.25) is 0 Å². The molecule has 1 atom stereocenters. The molecular formula is C12H15BrN2O. The summed E-state index contributed by atoms with van der Waals surface area (Å²) < 4.78 is 1.09. The lowest BCUT2D eigenvalue weighted by molar-refractivity contribution is -0.122. The fourth-order valence-corrected chi connectivity index (χ4v) is 2.59. The normalized spacial score (nSPS) is 21.2. The van der Waals surface area contributed by atoms with Crippen LogP contribution < -0.4 is 5.73 Å². The number of benzene rings is 1. The van der Waals surface area contributed by atoms with Crippen molar-refractivity contribution in [3.8, 4) is 0 Å². The highest BCUT2D eigenvalue weighted by molar-refractivity contribution is 9.10. The first-order valence-electron chi connectivity index (χ1n) is 5.45. The van der Waals surface area contributed by atoms with Gasteiger partial charge in [-0.3, -0.25) is 9.69 Å². The minimum absolute atomic E-state index is 0.0906. The molecule has 86 valence electrons. The molecule has 16 heavy (non-hydrogen) atoms. The maximum absolute atomic E-state index is 11.3. The van der Waals surface area contributed by atoms with Crippen LogP contribution in [0, 0.1) is 0 Å². The summed E-state index contributed by atoms with van der Waals surface area (Å²) >= 11 is 3.52. The van der Waals surface area contributed by atoms with Crippen LogP contribution in [0.5, 0.6) is 0 Å². The van der Waals surface area contributed by atoms with Gasteiger partial charge in [-0.2, -0.15) is 0 Å². The van der Waals surface area contributed by atoms with Crippen molar-refractivity contribution in [1.82, 2.24) is 4.90 Å². The number of rotatable bonds is 3. The Morgan fingerprint density at radius 3 is 2.94 bits per heavy atom. The van der Waals surface area contributed by atoms with Gasteiger partial charge >= 0.3 is 0 Å². The van der Waals surface area contributed by atoms with Crippen LogP contribution in [-0.2, 0) is 11.3 Å². The first-order valence-corrected chi connectivity index (χ1v) is 6.24. The predicted octanol–water partition coefficient (Wildman–Crippen LogP) is 1.90. The summed E-state index contributed by atoms with van der Waals surface area (Å²) in [6.45, 7) is 1.74. The van der Waals surface area contributed by atoms with Crippen LogP contribution in [-0.4, -0.2) is 23.4 Å². The quantitative estimate of drug-likeness (QED) is 0.921. The van der Waals surface area contributed by atoms with Gasteiger partial charge < -0.3 is 5.73 Å². The van der Waals surface area contributed by atoms with Crippen LogP contribution in [0.25, 0.3) is 0 Å². The molecule has 1 aliphatic heterocycles. The van der Waals surface area contributed by atoms with Gasteiger partial charge in [0.2, 0.25) is 5.91 Å². The molecule has 2 rings (SSSR count). The predicted molar refractivity (Wildman–Crippen MR) is 66.8 cm³/mol. The standard InChI is InChI=1S/C12H15BrN2O/c13-10-5-2-1-4-9(10)8-15-7-3-6-11(15)12(14)16/h1-2,4-5,11H,3,6-8H2,(H2,14,16). The first kappa shape index (κ1) is 11.6. The van der Waals surface area contributed by atoms with Crippen LogP contribution in [0.1, 0.15) is 18.4 Å². The van der Waals surface area contributed by atoms with Crippen molar-refractivity contribution in [2.24, 2.45) is 5.73 Å². The number of hydrogen-bond acceptors (Lipinski definition) is 2. The van der Waals surface area contributed by atoms with Gasteiger partial charge in [0.15, 0.2) is 0 Å². The molecule has 1 fully saturated rings. The minimum atomic E-state index is -0.204. The Morgan fingerprint density at radius 2 is 2.25 bits per heavy atom. The van der Waals surface area contributed by atoms with Crippen molar-refractivity contribution < 1.29 is 4.79 Å². The average molecular weight is 283 g/mol. The highest BCUT2D eigenvalue weighted by Crippen LogP contribution is 2.23. The molecular weight excluding hydrogens is 268 g/mol. The molecule has 0 saturated carbocycles. The number of primary amides is 1. The third-order valence-corrected chi connectivity index (χ3v) is 3.80. The van der Waals surface area contributed by atoms with Gasteiger partial charge in [-0.25, -0.2) is 0 Å². The second-order valence-electron chi connectivity index (χ2n) is 4.12. The smallest absolute Gasteiger partial charge is 0.234 e. The molecule has 0 radical (unpaired) electrons. The Morgan fingerprint density at radius 1 is 1.50 bits per heavy atom. The summed E-state index contributed by atoms with van der Waals surface area (Å²) in [6, 6.07) is 8.00. The second kappa shape index (κ2) is 4.97. The van der Waals surface area contributed by atoms with Gasteiger partial charge in [-0.05, 0) is 31.0 Å². The van der Waals surface area contributed by atoms with Crippen molar-refractivity contribution in [3.05, 3.63) is 34.3 Å². The lowest BCUT2D eigenvalue weighted by atomic mass is 10.2. The zero-order chi connectivity index (χ0) is 11.5. The van der Waals surface area contributed by atoms with E-state index < -0.39 is 0 Å². The van der Waals surface area contributed by atoms with Gasteiger partial charge in [0.25, 0.3) is 0 Å². The Bertz CT molecular complexity index is 394. The van der Waals surface area contributed by atoms with E-state index in [0.29, 0.717) is 0 Å². The Kier molecular flexibility index (Phi) is 3.61. The van der Waals surface area contributed by atoms with E-state index in [0.717, 1.165) is 30.4 Å². The van der Waals surface area contributed by atoms with Crippen molar-refractivity contribution in [1.29, 1.82) is 0 Å². The largest absolute Gasteiger partial charge is 0.368 e. The summed E-state index contributed by atoms with van der Waals surface area (Å²) in [5, 5.41) is 0. The number of likely N-dealkylation sites (tertiary alicyclic amines) is 1. The molecule has 3 nitrogen and oxygen atoms in total. The lowest BCUT2D eigenvalue weighted by Gasteiger charge is -2.22. The highest BCUT2D eigenvalue weighted by atomic mass is 79.9. The molecule has 2 N–H and O–H groups in total. The Labute approximate surface area is 104 Å². The zero-order valence-electron chi connectivity index (χ0n) is 9.03. The van der Waals surface area contributed by atoms with E-state index in [9.17, 15) is 4.79 Å². The fourth-order valence-electron chi connectivity index (χ4n) is 2.18. The number of amides is 1. The number of nitrogens with two attached hydrogens (primary N) is 1. The van der Waals surface area contributed by atoms with Crippen LogP contribution >= 0.6 is 15.9 Å². The molecule has 0 spiro atoms. The van der Waals surface area contributed by atoms with Crippen molar-refractivity contribution in [3.63, 3.8) is 0 Å². The molecule has 1 unspecified atom stereocenters. The van der Waals surface area contributed by atoms with Gasteiger partial charge in [0.1, 0.15) is 0 Å². The summed E-state index contributed by atoms with van der Waals surface area (Å²) in [5.74, 6) is -0.204. The minimum Gasteiger partial charge on any atom is -0.368 e. The van der Waals surface area contributed by atoms with E-state index in [4.69, 9.17) is 5.73 Å². The highest BCUT2D eigenvalue weighted by Gasteiger charge is 2.28. The van der Waals surface area contributed by atoms with Crippen LogP contribution in [0.3, 0.4) is 0 Å². The van der Waals surface area contributed by atoms with E-state index in [1.807, 2.05) is 18.2 Å². The fraction of sp³-hybridized carbons (Fsp3) is 0.417. The maximum atomic E-state index is 11.3. The summed E-state index contributed by atoms with van der Waals surface area (Å²) in [7, 11) is 0. The molecule has 1 aliphatic rings. The van der Waals surface area contributed by atoms with E-state index in [1.54, 1.807) is 0 Å². The van der Waals surface area contributed by atoms with Crippen LogP contribution in [0.15, 0.2) is 28.7 Å². The molecule has 0 aromatic heterocycles. The van der Waals surface area contributed by atoms with Gasteiger partial charge in [-0.15, -0.1) is 0 Å². The van der Waals surface area contributed by atoms with E-state index in [1.165, 1.54) is 5.56 Å². The Hall–Kier alpha value is -0.870. The van der Waals surface area contributed by atoms with Gasteiger partial charge in [-0.1, -0.05) is 34.1 Å². The van der Waals surface area contributed by atoms with Crippen LogP contribution in [0.4, 0.5) is 0 Å². The molecule has 1 aromatic carbocycles. The summed E-state index contributed by atoms with van der Waals surface area (Å²) in [4.78, 5) is 13.4. The van der Waals surface area contributed by atoms with Crippen molar-refractivity contribution >= 4 is 21.8 Å². The van der Waals surface area contributed by atoms with E-state index in [-0.39, 0.29) is 11.9 Å². The summed E-state index contributed by atoms with van der Waals surface area (Å²) in [6.07, 6.45) is 1.94. The van der Waals surface area contributed by atoms with Crippen molar-refractivity contribution in [2.75, 3.05) is 6.54 Å². The van der Waals surface area contributed by atoms with E-state index in [2.05, 4.69) is 26.9 Å². The SMILES string of the molecule is NC(=O)C1CCCN1Cc1ccccc1Br. The molecule has 1 heterocycles. The number of carbonyl (C=O) groups excluding carboxylic acids is 1. The average Bonchev–Trinajstić information content (AvgIpc) is 2.69. The topological polar surface area (TPSA) is 46.3 Å². The molecule has 1 amide bonds. The Balaban J connectivity index is 2.10.